The van der Waals surface area contributed by atoms with Crippen LogP contribution in [0.1, 0.15) is 62.3 Å². The van der Waals surface area contributed by atoms with Gasteiger partial charge in [0.15, 0.2) is 0 Å². The second-order valence-electron chi connectivity index (χ2n) is 10.1. The Bertz CT molecular complexity index is 620. The normalized spacial score (nSPS) is 23.8. The Balaban J connectivity index is 2.51. The van der Waals surface area contributed by atoms with Crippen molar-refractivity contribution in [3.63, 3.8) is 0 Å². The predicted octanol–water partition coefficient (Wildman–Crippen LogP) is 3.86. The second kappa shape index (κ2) is 6.99. The van der Waals surface area contributed by atoms with Crippen LogP contribution in [0.5, 0.6) is 0 Å². The summed E-state index contributed by atoms with van der Waals surface area (Å²) >= 11 is 0. The standard InChI is InChI=1S/C21H37N3O2/c1-13(2)17(18(25)26)23-10-11-24-15(12-23)16(20(4,5)6)14(3)22-19(24)21(7,8)9/h13-14,17H,10-12H2,1-9H3,(H,25,26)/t14-,17?/m0/s1. The van der Waals surface area contributed by atoms with E-state index in [0.717, 1.165) is 18.9 Å². The van der Waals surface area contributed by atoms with E-state index < -0.39 is 12.0 Å². The Morgan fingerprint density at radius 1 is 1.12 bits per heavy atom. The Labute approximate surface area is 159 Å². The molecule has 2 atom stereocenters. The molecule has 0 aromatic heterocycles. The maximum Gasteiger partial charge on any atom is 0.321 e. The zero-order valence-electron chi connectivity index (χ0n) is 18.1. The van der Waals surface area contributed by atoms with Gasteiger partial charge in [0.05, 0.1) is 6.04 Å². The number of carboxylic acids is 1. The first-order valence-corrected chi connectivity index (χ1v) is 9.81. The van der Waals surface area contributed by atoms with Gasteiger partial charge in [-0.2, -0.15) is 0 Å². The lowest BCUT2D eigenvalue weighted by Gasteiger charge is -2.49. The third-order valence-electron chi connectivity index (χ3n) is 5.35. The summed E-state index contributed by atoms with van der Waals surface area (Å²) in [6.45, 7) is 21.7. The van der Waals surface area contributed by atoms with Crippen molar-refractivity contribution in [1.82, 2.24) is 9.80 Å². The number of carbonyl (C=O) groups is 1. The number of carboxylic acid groups (broad SMARTS) is 1. The molecule has 0 saturated carbocycles. The lowest BCUT2D eigenvalue weighted by atomic mass is 9.78. The molecule has 2 rings (SSSR count). The SMILES string of the molecule is CC(C)C(C(=O)O)N1CCN2C(C(C)(C)C)=N[C@@H](C)C(C(C)(C)C)=C2C1. The monoisotopic (exact) mass is 363 g/mol. The fourth-order valence-electron chi connectivity index (χ4n) is 4.50. The number of amidine groups is 1. The number of nitrogens with zero attached hydrogens (tertiary/aromatic N) is 3. The van der Waals surface area contributed by atoms with Crippen molar-refractivity contribution in [2.45, 2.75) is 74.4 Å². The molecule has 2 aliphatic heterocycles. The van der Waals surface area contributed by atoms with Crippen LogP contribution >= 0.6 is 0 Å². The number of rotatable bonds is 3. The van der Waals surface area contributed by atoms with Crippen LogP contribution in [0, 0.1) is 16.7 Å². The number of hydrogen-bond acceptors (Lipinski definition) is 4. The van der Waals surface area contributed by atoms with Crippen LogP contribution in [-0.2, 0) is 4.79 Å². The van der Waals surface area contributed by atoms with Crippen LogP contribution in [0.25, 0.3) is 0 Å². The van der Waals surface area contributed by atoms with Gasteiger partial charge in [-0.1, -0.05) is 55.4 Å². The Morgan fingerprint density at radius 3 is 2.12 bits per heavy atom. The highest BCUT2D eigenvalue weighted by Crippen LogP contribution is 2.40. The van der Waals surface area contributed by atoms with Crippen LogP contribution in [-0.4, -0.2) is 58.4 Å². The van der Waals surface area contributed by atoms with Crippen LogP contribution in [0.2, 0.25) is 0 Å². The average Bonchev–Trinajstić information content (AvgIpc) is 2.42. The van der Waals surface area contributed by atoms with Gasteiger partial charge in [0, 0.05) is 30.7 Å². The molecular formula is C21H37N3O2. The van der Waals surface area contributed by atoms with Crippen LogP contribution in [0.3, 0.4) is 0 Å². The van der Waals surface area contributed by atoms with Crippen molar-refractivity contribution in [2.75, 3.05) is 19.6 Å². The van der Waals surface area contributed by atoms with Crippen molar-refractivity contribution in [3.8, 4) is 0 Å². The molecule has 0 aromatic rings. The molecule has 0 aromatic carbocycles. The number of aliphatic carboxylic acids is 1. The summed E-state index contributed by atoms with van der Waals surface area (Å²) in [5.74, 6) is 0.485. The molecule has 5 heteroatoms. The van der Waals surface area contributed by atoms with E-state index in [4.69, 9.17) is 4.99 Å². The summed E-state index contributed by atoms with van der Waals surface area (Å²) in [6, 6.07) is -0.323. The van der Waals surface area contributed by atoms with E-state index >= 15 is 0 Å². The second-order valence-corrected chi connectivity index (χ2v) is 10.1. The molecule has 148 valence electrons. The van der Waals surface area contributed by atoms with E-state index in [1.54, 1.807) is 0 Å². The van der Waals surface area contributed by atoms with Crippen molar-refractivity contribution < 1.29 is 9.90 Å². The highest BCUT2D eigenvalue weighted by atomic mass is 16.4. The van der Waals surface area contributed by atoms with E-state index in [-0.39, 0.29) is 22.8 Å². The highest BCUT2D eigenvalue weighted by molar-refractivity contribution is 5.90. The van der Waals surface area contributed by atoms with Gasteiger partial charge in [-0.15, -0.1) is 0 Å². The van der Waals surface area contributed by atoms with E-state index in [0.29, 0.717) is 6.54 Å². The Hall–Kier alpha value is -1.36. The maximum absolute atomic E-state index is 11.9. The van der Waals surface area contributed by atoms with Crippen molar-refractivity contribution in [2.24, 2.45) is 21.7 Å². The third-order valence-corrected chi connectivity index (χ3v) is 5.35. The zero-order chi connectivity index (χ0) is 20.0. The number of piperazine rings is 1. The molecule has 1 fully saturated rings. The molecule has 2 heterocycles. The van der Waals surface area contributed by atoms with Gasteiger partial charge in [-0.25, -0.2) is 0 Å². The summed E-state index contributed by atoms with van der Waals surface area (Å²) in [5.41, 5.74) is 2.57. The van der Waals surface area contributed by atoms with Crippen LogP contribution in [0.4, 0.5) is 0 Å². The van der Waals surface area contributed by atoms with E-state index in [2.05, 4.69) is 58.3 Å². The molecule has 0 spiro atoms. The fraction of sp³-hybridized carbons (Fsp3) is 0.810. The highest BCUT2D eigenvalue weighted by Gasteiger charge is 2.42. The number of aliphatic imine (C=N–C) groups is 1. The van der Waals surface area contributed by atoms with E-state index in [9.17, 15) is 9.90 Å². The van der Waals surface area contributed by atoms with Crippen molar-refractivity contribution in [3.05, 3.63) is 11.3 Å². The van der Waals surface area contributed by atoms with Crippen LogP contribution < -0.4 is 0 Å². The molecule has 1 unspecified atom stereocenters. The summed E-state index contributed by atoms with van der Waals surface area (Å²) in [5, 5.41) is 9.76. The topological polar surface area (TPSA) is 56.1 Å². The lowest BCUT2D eigenvalue weighted by Crippen LogP contribution is -2.58. The fourth-order valence-corrected chi connectivity index (χ4v) is 4.50. The first-order chi connectivity index (χ1) is 11.7. The molecule has 0 amide bonds. The summed E-state index contributed by atoms with van der Waals surface area (Å²) < 4.78 is 0. The average molecular weight is 364 g/mol. The molecule has 0 aliphatic carbocycles. The van der Waals surface area contributed by atoms with Crippen molar-refractivity contribution in [1.29, 1.82) is 0 Å². The van der Waals surface area contributed by atoms with E-state index in [1.165, 1.54) is 11.3 Å². The largest absolute Gasteiger partial charge is 0.480 e. The van der Waals surface area contributed by atoms with Gasteiger partial charge < -0.3 is 10.0 Å². The smallest absolute Gasteiger partial charge is 0.321 e. The third kappa shape index (κ3) is 3.98. The minimum absolute atomic E-state index is 0.000521. The van der Waals surface area contributed by atoms with Gasteiger partial charge in [-0.3, -0.25) is 14.7 Å². The first kappa shape index (κ1) is 20.9. The molecule has 0 bridgehead atoms. The van der Waals surface area contributed by atoms with E-state index in [1.807, 2.05) is 13.8 Å². The van der Waals surface area contributed by atoms with Gasteiger partial charge in [-0.05, 0) is 23.8 Å². The molecule has 1 N–H and O–H groups in total. The quantitative estimate of drug-likeness (QED) is 0.827. The summed E-state index contributed by atoms with van der Waals surface area (Å²) in [7, 11) is 0. The molecule has 5 nitrogen and oxygen atoms in total. The summed E-state index contributed by atoms with van der Waals surface area (Å²) in [6.07, 6.45) is 0. The van der Waals surface area contributed by atoms with Crippen molar-refractivity contribution >= 4 is 11.8 Å². The maximum atomic E-state index is 11.9. The van der Waals surface area contributed by atoms with Gasteiger partial charge in [0.1, 0.15) is 11.9 Å². The minimum atomic E-state index is -0.722. The van der Waals surface area contributed by atoms with Gasteiger partial charge in [0.25, 0.3) is 0 Å². The number of hydrogen-bond donors (Lipinski definition) is 1. The summed E-state index contributed by atoms with van der Waals surface area (Å²) in [4.78, 5) is 21.5. The first-order valence-electron chi connectivity index (χ1n) is 9.81. The minimum Gasteiger partial charge on any atom is -0.480 e. The molecule has 1 saturated heterocycles. The molecule has 0 radical (unpaired) electrons. The molecular weight excluding hydrogens is 326 g/mol. The predicted molar refractivity (Wildman–Crippen MR) is 107 cm³/mol. The number of fused-ring (bicyclic) bond motifs is 1. The molecule has 2 aliphatic rings. The Kier molecular flexibility index (Phi) is 5.63. The molecule has 26 heavy (non-hydrogen) atoms. The lowest BCUT2D eigenvalue weighted by molar-refractivity contribution is -0.145. The van der Waals surface area contributed by atoms with Gasteiger partial charge in [0.2, 0.25) is 0 Å². The van der Waals surface area contributed by atoms with Crippen LogP contribution in [0.15, 0.2) is 16.3 Å². The van der Waals surface area contributed by atoms with Gasteiger partial charge >= 0.3 is 5.97 Å². The Morgan fingerprint density at radius 2 is 1.69 bits per heavy atom. The zero-order valence-corrected chi connectivity index (χ0v) is 18.1.